The molecule has 31 heavy (non-hydrogen) atoms. The first-order chi connectivity index (χ1) is 14.5. The Labute approximate surface area is 185 Å². The van der Waals surface area contributed by atoms with E-state index in [0.29, 0.717) is 25.8 Å². The number of amides is 3. The van der Waals surface area contributed by atoms with Gasteiger partial charge in [0, 0.05) is 6.54 Å². The molecule has 0 saturated carbocycles. The lowest BCUT2D eigenvalue weighted by molar-refractivity contribution is -0.150. The maximum atomic E-state index is 13.2. The van der Waals surface area contributed by atoms with Gasteiger partial charge in [-0.3, -0.25) is 14.4 Å². The van der Waals surface area contributed by atoms with Crippen LogP contribution < -0.4 is 16.4 Å². The van der Waals surface area contributed by atoms with Crippen LogP contribution in [0.15, 0.2) is 0 Å². The minimum Gasteiger partial charge on any atom is -0.480 e. The second-order valence-electron chi connectivity index (χ2n) is 9.04. The number of hydrogen-bond donors (Lipinski definition) is 4. The molecule has 1 heterocycles. The molecule has 0 aromatic rings. The highest BCUT2D eigenvalue weighted by Gasteiger charge is 2.40. The van der Waals surface area contributed by atoms with E-state index in [1.165, 1.54) is 4.90 Å². The summed E-state index contributed by atoms with van der Waals surface area (Å²) in [5, 5.41) is 15.0. The predicted octanol–water partition coefficient (Wildman–Crippen LogP) is 1.11. The van der Waals surface area contributed by atoms with Crippen molar-refractivity contribution >= 4 is 23.7 Å². The highest BCUT2D eigenvalue weighted by atomic mass is 16.4. The summed E-state index contributed by atoms with van der Waals surface area (Å²) in [6.45, 7) is 11.5. The van der Waals surface area contributed by atoms with Crippen LogP contribution in [0.1, 0.15) is 67.2 Å². The molecule has 1 aliphatic rings. The van der Waals surface area contributed by atoms with Crippen LogP contribution >= 0.6 is 0 Å². The van der Waals surface area contributed by atoms with Crippen LogP contribution in [0.5, 0.6) is 0 Å². The molecule has 6 unspecified atom stereocenters. The fourth-order valence-corrected chi connectivity index (χ4v) is 3.69. The van der Waals surface area contributed by atoms with Crippen molar-refractivity contribution in [2.24, 2.45) is 23.5 Å². The zero-order chi connectivity index (χ0) is 23.9. The van der Waals surface area contributed by atoms with Gasteiger partial charge in [-0.1, -0.05) is 54.4 Å². The molecule has 0 spiro atoms. The number of aliphatic carboxylic acids is 1. The van der Waals surface area contributed by atoms with Crippen molar-refractivity contribution in [3.05, 3.63) is 0 Å². The summed E-state index contributed by atoms with van der Waals surface area (Å²) in [5.74, 6) is -2.75. The molecular formula is C22H40N4O5. The number of hydrogen-bond acceptors (Lipinski definition) is 5. The van der Waals surface area contributed by atoms with E-state index in [-0.39, 0.29) is 17.8 Å². The van der Waals surface area contributed by atoms with E-state index in [1.54, 1.807) is 13.8 Å². The average Bonchev–Trinajstić information content (AvgIpc) is 3.23. The van der Waals surface area contributed by atoms with Gasteiger partial charge in [0.2, 0.25) is 17.7 Å². The van der Waals surface area contributed by atoms with Crippen LogP contribution in [0.4, 0.5) is 0 Å². The Morgan fingerprint density at radius 1 is 0.968 bits per heavy atom. The number of nitrogens with zero attached hydrogens (tertiary/aromatic N) is 1. The Kier molecular flexibility index (Phi) is 10.4. The highest BCUT2D eigenvalue weighted by molar-refractivity contribution is 5.94. The first-order valence-corrected chi connectivity index (χ1v) is 11.4. The largest absolute Gasteiger partial charge is 0.480 e. The maximum Gasteiger partial charge on any atom is 0.326 e. The summed E-state index contributed by atoms with van der Waals surface area (Å²) in [6.07, 6.45) is 2.38. The average molecular weight is 441 g/mol. The van der Waals surface area contributed by atoms with Gasteiger partial charge in [-0.05, 0) is 30.6 Å². The molecule has 0 aromatic heterocycles. The van der Waals surface area contributed by atoms with Crippen molar-refractivity contribution in [1.82, 2.24) is 15.5 Å². The van der Waals surface area contributed by atoms with Gasteiger partial charge in [-0.15, -0.1) is 0 Å². The van der Waals surface area contributed by atoms with Gasteiger partial charge >= 0.3 is 5.97 Å². The number of likely N-dealkylation sites (tertiary alicyclic amines) is 1. The number of nitrogens with one attached hydrogen (secondary N) is 2. The van der Waals surface area contributed by atoms with Crippen molar-refractivity contribution in [2.45, 2.75) is 91.4 Å². The Morgan fingerprint density at radius 3 is 2.00 bits per heavy atom. The maximum absolute atomic E-state index is 13.2. The summed E-state index contributed by atoms with van der Waals surface area (Å²) >= 11 is 0. The Morgan fingerprint density at radius 2 is 1.52 bits per heavy atom. The predicted molar refractivity (Wildman–Crippen MR) is 118 cm³/mol. The van der Waals surface area contributed by atoms with Crippen molar-refractivity contribution in [1.29, 1.82) is 0 Å². The van der Waals surface area contributed by atoms with Crippen LogP contribution in [0.3, 0.4) is 0 Å². The quantitative estimate of drug-likeness (QED) is 0.379. The molecule has 1 rings (SSSR count). The summed E-state index contributed by atoms with van der Waals surface area (Å²) < 4.78 is 0. The van der Waals surface area contributed by atoms with Crippen molar-refractivity contribution in [3.8, 4) is 0 Å². The molecule has 0 radical (unpaired) electrons. The van der Waals surface area contributed by atoms with Gasteiger partial charge in [0.25, 0.3) is 0 Å². The first-order valence-electron chi connectivity index (χ1n) is 11.4. The molecule has 6 atom stereocenters. The molecule has 9 heteroatoms. The summed E-state index contributed by atoms with van der Waals surface area (Å²) in [4.78, 5) is 51.7. The van der Waals surface area contributed by atoms with E-state index in [4.69, 9.17) is 5.73 Å². The highest BCUT2D eigenvalue weighted by Crippen LogP contribution is 2.21. The minimum atomic E-state index is -1.04. The molecule has 5 N–H and O–H groups in total. The monoisotopic (exact) mass is 440 g/mol. The SMILES string of the molecule is CCC(C)C(N)C(=O)NC(C(=O)NC(C(=O)N1CCCC1C(=O)O)C(C)CC)C(C)C. The van der Waals surface area contributed by atoms with Gasteiger partial charge in [0.05, 0.1) is 6.04 Å². The third-order valence-corrected chi connectivity index (χ3v) is 6.40. The zero-order valence-corrected chi connectivity index (χ0v) is 19.7. The standard InChI is InChI=1S/C22H40N4O5/c1-7-13(5)16(23)19(27)24-17(12(3)4)20(28)25-18(14(6)8-2)21(29)26-11-9-10-15(26)22(30)31/h12-18H,7-11,23H2,1-6H3,(H,24,27)(H,25,28)(H,30,31). The Balaban J connectivity index is 3.01. The molecule has 1 saturated heterocycles. The van der Waals surface area contributed by atoms with Crippen molar-refractivity contribution < 1.29 is 24.3 Å². The molecule has 0 aromatic carbocycles. The molecule has 0 bridgehead atoms. The van der Waals surface area contributed by atoms with E-state index in [0.717, 1.165) is 6.42 Å². The number of carboxylic acids is 1. The van der Waals surface area contributed by atoms with Crippen molar-refractivity contribution in [3.63, 3.8) is 0 Å². The molecule has 1 fully saturated rings. The normalized spacial score (nSPS) is 21.2. The number of carbonyl (C=O) groups excluding carboxylic acids is 3. The van der Waals surface area contributed by atoms with E-state index >= 15 is 0 Å². The molecular weight excluding hydrogens is 400 g/mol. The van der Waals surface area contributed by atoms with Crippen molar-refractivity contribution in [2.75, 3.05) is 6.54 Å². The molecule has 178 valence electrons. The fourth-order valence-electron chi connectivity index (χ4n) is 3.69. The van der Waals surface area contributed by atoms with E-state index in [9.17, 15) is 24.3 Å². The molecule has 1 aliphatic heterocycles. The second kappa shape index (κ2) is 12.0. The molecule has 0 aliphatic carbocycles. The molecule has 3 amide bonds. The lowest BCUT2D eigenvalue weighted by Gasteiger charge is -2.32. The number of nitrogens with two attached hydrogens (primary N) is 1. The van der Waals surface area contributed by atoms with Gasteiger partial charge in [0.15, 0.2) is 0 Å². The van der Waals surface area contributed by atoms with E-state index in [1.807, 2.05) is 27.7 Å². The number of carbonyl (C=O) groups is 4. The van der Waals surface area contributed by atoms with Crippen LogP contribution in [0, 0.1) is 17.8 Å². The fraction of sp³-hybridized carbons (Fsp3) is 0.818. The lowest BCUT2D eigenvalue weighted by atomic mass is 9.95. The van der Waals surface area contributed by atoms with E-state index < -0.39 is 47.9 Å². The Hall–Kier alpha value is -2.16. The number of carboxylic acid groups (broad SMARTS) is 1. The summed E-state index contributed by atoms with van der Waals surface area (Å²) in [5.41, 5.74) is 6.01. The van der Waals surface area contributed by atoms with Crippen LogP contribution in [0.2, 0.25) is 0 Å². The first kappa shape index (κ1) is 26.9. The smallest absolute Gasteiger partial charge is 0.326 e. The topological polar surface area (TPSA) is 142 Å². The zero-order valence-electron chi connectivity index (χ0n) is 19.7. The second-order valence-corrected chi connectivity index (χ2v) is 9.04. The van der Waals surface area contributed by atoms with Crippen LogP contribution in [-0.4, -0.2) is 64.4 Å². The third-order valence-electron chi connectivity index (χ3n) is 6.40. The molecule has 9 nitrogen and oxygen atoms in total. The summed E-state index contributed by atoms with van der Waals surface area (Å²) in [6, 6.07) is -3.31. The van der Waals surface area contributed by atoms with Gasteiger partial charge in [-0.2, -0.15) is 0 Å². The minimum absolute atomic E-state index is 0.0339. The number of rotatable bonds is 11. The van der Waals surface area contributed by atoms with Gasteiger partial charge < -0.3 is 26.4 Å². The Bertz CT molecular complexity index is 654. The van der Waals surface area contributed by atoms with E-state index in [2.05, 4.69) is 10.6 Å². The lowest BCUT2D eigenvalue weighted by Crippen LogP contribution is -2.60. The van der Waals surface area contributed by atoms with Crippen LogP contribution in [-0.2, 0) is 19.2 Å². The third kappa shape index (κ3) is 6.92. The van der Waals surface area contributed by atoms with Gasteiger partial charge in [0.1, 0.15) is 18.1 Å². The van der Waals surface area contributed by atoms with Gasteiger partial charge in [-0.25, -0.2) is 4.79 Å². The summed E-state index contributed by atoms with van der Waals surface area (Å²) in [7, 11) is 0. The van der Waals surface area contributed by atoms with Crippen LogP contribution in [0.25, 0.3) is 0 Å².